The van der Waals surface area contributed by atoms with E-state index in [0.717, 1.165) is 11.0 Å². The summed E-state index contributed by atoms with van der Waals surface area (Å²) in [5, 5.41) is 0.487. The minimum absolute atomic E-state index is 0.0494. The molecule has 0 atom stereocenters. The molecule has 0 spiro atoms. The Balaban J connectivity index is 1.41. The summed E-state index contributed by atoms with van der Waals surface area (Å²) < 4.78 is 28.7. The lowest BCUT2D eigenvalue weighted by atomic mass is 10.3. The molecule has 1 amide bonds. The smallest absolute Gasteiger partial charge is 0.243 e. The molecule has 1 fully saturated rings. The van der Waals surface area contributed by atoms with Crippen molar-refractivity contribution in [3.05, 3.63) is 59.9 Å². The van der Waals surface area contributed by atoms with Crippen LogP contribution < -0.4 is 0 Å². The van der Waals surface area contributed by atoms with E-state index in [1.54, 1.807) is 23.4 Å². The highest BCUT2D eigenvalue weighted by atomic mass is 35.5. The number of amides is 1. The van der Waals surface area contributed by atoms with E-state index >= 15 is 0 Å². The standard InChI is InChI=1S/C19H19ClN4O3S/c20-15-5-7-16(8-6-15)28(26,27)24-11-9-22(10-12-24)19(25)13-23-14-21-17-3-1-2-4-18(17)23/h1-8,14H,9-13H2. The zero-order chi connectivity index (χ0) is 19.7. The molecule has 0 bridgehead atoms. The summed E-state index contributed by atoms with van der Waals surface area (Å²) in [6.45, 7) is 1.43. The van der Waals surface area contributed by atoms with Gasteiger partial charge in [-0.3, -0.25) is 4.79 Å². The van der Waals surface area contributed by atoms with Crippen molar-refractivity contribution in [3.8, 4) is 0 Å². The average molecular weight is 419 g/mol. The van der Waals surface area contributed by atoms with Crippen LogP contribution in [0.15, 0.2) is 59.8 Å². The van der Waals surface area contributed by atoms with Crippen LogP contribution in [-0.4, -0.2) is 59.3 Å². The lowest BCUT2D eigenvalue weighted by Crippen LogP contribution is -2.51. The Morgan fingerprint density at radius 3 is 2.39 bits per heavy atom. The maximum Gasteiger partial charge on any atom is 0.243 e. The fourth-order valence-corrected chi connectivity index (χ4v) is 4.86. The Morgan fingerprint density at radius 2 is 1.68 bits per heavy atom. The first-order valence-corrected chi connectivity index (χ1v) is 10.7. The number of rotatable bonds is 4. The number of benzene rings is 2. The Labute approximate surface area is 168 Å². The van der Waals surface area contributed by atoms with Crippen LogP contribution in [0.1, 0.15) is 0 Å². The molecular weight excluding hydrogens is 400 g/mol. The van der Waals surface area contributed by atoms with Crippen molar-refractivity contribution in [1.82, 2.24) is 18.8 Å². The molecular formula is C19H19ClN4O3S. The molecule has 0 unspecified atom stereocenters. The summed E-state index contributed by atoms with van der Waals surface area (Å²) in [6.07, 6.45) is 1.66. The van der Waals surface area contributed by atoms with Gasteiger partial charge in [0.2, 0.25) is 15.9 Å². The Morgan fingerprint density at radius 1 is 1.00 bits per heavy atom. The van der Waals surface area contributed by atoms with E-state index in [4.69, 9.17) is 11.6 Å². The van der Waals surface area contributed by atoms with Crippen LogP contribution in [0.25, 0.3) is 11.0 Å². The fraction of sp³-hybridized carbons (Fsp3) is 0.263. The van der Waals surface area contributed by atoms with E-state index in [1.807, 2.05) is 28.8 Å². The van der Waals surface area contributed by atoms with Crippen molar-refractivity contribution in [2.75, 3.05) is 26.2 Å². The molecule has 1 aliphatic heterocycles. The third-order valence-electron chi connectivity index (χ3n) is 4.88. The first-order valence-electron chi connectivity index (χ1n) is 8.88. The lowest BCUT2D eigenvalue weighted by Gasteiger charge is -2.34. The van der Waals surface area contributed by atoms with Crippen LogP contribution in [0, 0.1) is 0 Å². The number of carbonyl (C=O) groups excluding carboxylic acids is 1. The molecule has 28 heavy (non-hydrogen) atoms. The van der Waals surface area contributed by atoms with Gasteiger partial charge in [-0.1, -0.05) is 23.7 Å². The Hall–Kier alpha value is -2.42. The maximum absolute atomic E-state index is 12.7. The van der Waals surface area contributed by atoms with Crippen molar-refractivity contribution < 1.29 is 13.2 Å². The predicted molar refractivity (Wildman–Crippen MR) is 107 cm³/mol. The number of aromatic nitrogens is 2. The largest absolute Gasteiger partial charge is 0.339 e. The van der Waals surface area contributed by atoms with E-state index in [-0.39, 0.29) is 30.4 Å². The zero-order valence-corrected chi connectivity index (χ0v) is 16.6. The SMILES string of the molecule is O=C(Cn1cnc2ccccc21)N1CCN(S(=O)(=O)c2ccc(Cl)cc2)CC1. The van der Waals surface area contributed by atoms with Crippen molar-refractivity contribution in [2.24, 2.45) is 0 Å². The van der Waals surface area contributed by atoms with Gasteiger partial charge in [0.15, 0.2) is 0 Å². The van der Waals surface area contributed by atoms with Crippen molar-refractivity contribution in [3.63, 3.8) is 0 Å². The van der Waals surface area contributed by atoms with Crippen LogP contribution in [0.2, 0.25) is 5.02 Å². The number of fused-ring (bicyclic) bond motifs is 1. The van der Waals surface area contributed by atoms with Crippen molar-refractivity contribution in [2.45, 2.75) is 11.4 Å². The fourth-order valence-electron chi connectivity index (χ4n) is 3.32. The predicted octanol–water partition coefficient (Wildman–Crippen LogP) is 2.22. The molecule has 7 nitrogen and oxygen atoms in total. The van der Waals surface area contributed by atoms with Crippen molar-refractivity contribution in [1.29, 1.82) is 0 Å². The van der Waals surface area contributed by atoms with Crippen LogP contribution in [0.4, 0.5) is 0 Å². The molecule has 9 heteroatoms. The summed E-state index contributed by atoms with van der Waals surface area (Å²) in [7, 11) is -3.59. The van der Waals surface area contributed by atoms with E-state index in [9.17, 15) is 13.2 Å². The molecule has 2 aromatic carbocycles. The van der Waals surface area contributed by atoms with Gasteiger partial charge in [-0.25, -0.2) is 13.4 Å². The van der Waals surface area contributed by atoms with Gasteiger partial charge in [0.05, 0.1) is 22.3 Å². The van der Waals surface area contributed by atoms with Crippen LogP contribution >= 0.6 is 11.6 Å². The number of halogens is 1. The Kier molecular flexibility index (Phi) is 5.09. The van der Waals surface area contributed by atoms with Gasteiger partial charge in [-0.2, -0.15) is 4.31 Å². The van der Waals surface area contributed by atoms with Crippen LogP contribution in [0.3, 0.4) is 0 Å². The molecule has 4 rings (SSSR count). The first kappa shape index (κ1) is 18.9. The highest BCUT2D eigenvalue weighted by molar-refractivity contribution is 7.89. The summed E-state index contributed by atoms with van der Waals surface area (Å²) in [6, 6.07) is 13.8. The quantitative estimate of drug-likeness (QED) is 0.651. The molecule has 0 N–H and O–H groups in total. The summed E-state index contributed by atoms with van der Waals surface area (Å²) in [5.41, 5.74) is 1.74. The third-order valence-corrected chi connectivity index (χ3v) is 7.04. The number of sulfonamides is 1. The van der Waals surface area contributed by atoms with Gasteiger partial charge >= 0.3 is 0 Å². The number of hydrogen-bond acceptors (Lipinski definition) is 4. The molecule has 146 valence electrons. The maximum atomic E-state index is 12.7. The number of nitrogens with zero attached hydrogens (tertiary/aromatic N) is 4. The van der Waals surface area contributed by atoms with Crippen molar-refractivity contribution >= 4 is 38.6 Å². The van der Waals surface area contributed by atoms with Gasteiger partial charge in [0, 0.05) is 31.2 Å². The summed E-state index contributed by atoms with van der Waals surface area (Å²) >= 11 is 5.84. The number of imidazole rings is 1. The minimum Gasteiger partial charge on any atom is -0.339 e. The van der Waals surface area contributed by atoms with E-state index in [1.165, 1.54) is 16.4 Å². The van der Waals surface area contributed by atoms with Gasteiger partial charge in [0.25, 0.3) is 0 Å². The number of carbonyl (C=O) groups is 1. The molecule has 1 aromatic heterocycles. The topological polar surface area (TPSA) is 75.5 Å². The molecule has 0 saturated carbocycles. The molecule has 1 saturated heterocycles. The number of hydrogen-bond donors (Lipinski definition) is 0. The van der Waals surface area contributed by atoms with Gasteiger partial charge < -0.3 is 9.47 Å². The monoisotopic (exact) mass is 418 g/mol. The second-order valence-corrected chi connectivity index (χ2v) is 8.97. The van der Waals surface area contributed by atoms with E-state index in [2.05, 4.69) is 4.98 Å². The first-order chi connectivity index (χ1) is 13.4. The highest BCUT2D eigenvalue weighted by Crippen LogP contribution is 2.20. The molecule has 2 heterocycles. The van der Waals surface area contributed by atoms with E-state index < -0.39 is 10.0 Å². The van der Waals surface area contributed by atoms with E-state index in [0.29, 0.717) is 18.1 Å². The van der Waals surface area contributed by atoms with Gasteiger partial charge in [-0.15, -0.1) is 0 Å². The second-order valence-electron chi connectivity index (χ2n) is 6.60. The van der Waals surface area contributed by atoms with Gasteiger partial charge in [-0.05, 0) is 36.4 Å². The molecule has 0 radical (unpaired) electrons. The molecule has 1 aliphatic rings. The molecule has 3 aromatic rings. The second kappa shape index (κ2) is 7.54. The Bertz CT molecular complexity index is 1100. The average Bonchev–Trinajstić information content (AvgIpc) is 3.11. The summed E-state index contributed by atoms with van der Waals surface area (Å²) in [4.78, 5) is 18.9. The minimum atomic E-state index is -3.59. The normalized spacial score (nSPS) is 15.8. The highest BCUT2D eigenvalue weighted by Gasteiger charge is 2.30. The van der Waals surface area contributed by atoms with Gasteiger partial charge in [0.1, 0.15) is 6.54 Å². The lowest BCUT2D eigenvalue weighted by molar-refractivity contribution is -0.132. The zero-order valence-electron chi connectivity index (χ0n) is 15.0. The van der Waals surface area contributed by atoms with Crippen LogP contribution in [-0.2, 0) is 21.4 Å². The summed E-state index contributed by atoms with van der Waals surface area (Å²) in [5.74, 6) is -0.0494. The number of piperazine rings is 1. The third kappa shape index (κ3) is 3.63. The number of para-hydroxylation sites is 2. The molecule has 0 aliphatic carbocycles. The van der Waals surface area contributed by atoms with Crippen LogP contribution in [0.5, 0.6) is 0 Å².